The van der Waals surface area contributed by atoms with E-state index in [-0.39, 0.29) is 36.1 Å². The minimum Gasteiger partial charge on any atom is -0.354 e. The average Bonchev–Trinajstić information content (AvgIpc) is 3.22. The number of benzene rings is 1. The van der Waals surface area contributed by atoms with E-state index >= 15 is 0 Å². The summed E-state index contributed by atoms with van der Waals surface area (Å²) in [7, 11) is 0. The summed E-state index contributed by atoms with van der Waals surface area (Å²) in [6, 6.07) is 7.13. The van der Waals surface area contributed by atoms with Gasteiger partial charge in [-0.15, -0.1) is 0 Å². The first-order valence-corrected chi connectivity index (χ1v) is 8.94. The molecule has 1 aromatic carbocycles. The lowest BCUT2D eigenvalue weighted by atomic mass is 10.2. The number of hydrogen-bond donors (Lipinski definition) is 1. The largest absolute Gasteiger partial charge is 0.354 e. The van der Waals surface area contributed by atoms with E-state index in [2.05, 4.69) is 5.32 Å². The van der Waals surface area contributed by atoms with Crippen LogP contribution in [-0.4, -0.2) is 35.0 Å². The molecule has 3 rings (SSSR count). The summed E-state index contributed by atoms with van der Waals surface area (Å²) in [5.74, 6) is 0.167. The molecular formula is C17H17ClN2O3S. The summed E-state index contributed by atoms with van der Waals surface area (Å²) in [5.41, 5.74) is 0.695. The highest BCUT2D eigenvalue weighted by Gasteiger charge is 2.39. The minimum absolute atomic E-state index is 0.00100. The second-order valence-electron chi connectivity index (χ2n) is 5.97. The number of thioether (sulfide) groups is 1. The van der Waals surface area contributed by atoms with Gasteiger partial charge >= 0.3 is 0 Å². The zero-order chi connectivity index (χ0) is 17.3. The lowest BCUT2D eigenvalue weighted by molar-refractivity contribution is -0.125. The van der Waals surface area contributed by atoms with Crippen molar-refractivity contribution < 1.29 is 14.4 Å². The Balaban J connectivity index is 1.60. The maximum absolute atomic E-state index is 12.4. The molecule has 5 nitrogen and oxygen atoms in total. The van der Waals surface area contributed by atoms with E-state index in [4.69, 9.17) is 11.6 Å². The monoisotopic (exact) mass is 364 g/mol. The molecule has 3 amide bonds. The molecule has 0 spiro atoms. The van der Waals surface area contributed by atoms with Gasteiger partial charge in [0.25, 0.3) is 11.1 Å². The summed E-state index contributed by atoms with van der Waals surface area (Å²) in [5, 5.41) is 2.98. The molecule has 1 heterocycles. The second kappa shape index (κ2) is 6.99. The molecular weight excluding hydrogens is 348 g/mol. The zero-order valence-corrected chi connectivity index (χ0v) is 14.7. The first-order valence-electron chi connectivity index (χ1n) is 7.75. The van der Waals surface area contributed by atoms with Crippen LogP contribution in [0, 0.1) is 11.8 Å². The summed E-state index contributed by atoms with van der Waals surface area (Å²) in [6.45, 7) is 2.48. The van der Waals surface area contributed by atoms with Gasteiger partial charge in [-0.25, -0.2) is 0 Å². The van der Waals surface area contributed by atoms with E-state index in [1.807, 2.05) is 13.0 Å². The molecule has 0 radical (unpaired) electrons. The third kappa shape index (κ3) is 3.65. The lowest BCUT2D eigenvalue weighted by Gasteiger charge is -2.12. The number of halogens is 1. The molecule has 2 fully saturated rings. The lowest BCUT2D eigenvalue weighted by Crippen LogP contribution is -2.37. The van der Waals surface area contributed by atoms with Crippen LogP contribution in [0.3, 0.4) is 0 Å². The van der Waals surface area contributed by atoms with Gasteiger partial charge in [0.2, 0.25) is 5.91 Å². The fourth-order valence-electron chi connectivity index (χ4n) is 2.54. The van der Waals surface area contributed by atoms with Gasteiger partial charge in [-0.2, -0.15) is 0 Å². The zero-order valence-electron chi connectivity index (χ0n) is 13.1. The van der Waals surface area contributed by atoms with E-state index in [9.17, 15) is 14.4 Å². The fourth-order valence-corrected chi connectivity index (χ4v) is 3.58. The van der Waals surface area contributed by atoms with E-state index in [1.54, 1.807) is 24.3 Å². The fraction of sp³-hybridized carbons (Fsp3) is 0.353. The van der Waals surface area contributed by atoms with Crippen molar-refractivity contribution in [2.45, 2.75) is 13.3 Å². The highest BCUT2D eigenvalue weighted by molar-refractivity contribution is 8.18. The number of rotatable bonds is 5. The summed E-state index contributed by atoms with van der Waals surface area (Å²) >= 11 is 6.97. The summed E-state index contributed by atoms with van der Waals surface area (Å²) < 4.78 is 0. The predicted molar refractivity (Wildman–Crippen MR) is 94.4 cm³/mol. The Morgan fingerprint density at radius 3 is 2.79 bits per heavy atom. The standard InChI is InChI=1S/C17H17ClN2O3S/c1-10-8-12(10)15(21)19-6-7-20-16(22)14(24-17(20)23)9-11-4-2-3-5-13(11)18/h2-5,9-10,12H,6-8H2,1H3,(H,19,21)/b14-9-. The van der Waals surface area contributed by atoms with Gasteiger partial charge in [-0.05, 0) is 41.8 Å². The van der Waals surface area contributed by atoms with Crippen molar-refractivity contribution in [3.8, 4) is 0 Å². The van der Waals surface area contributed by atoms with Crippen LogP contribution >= 0.6 is 23.4 Å². The van der Waals surface area contributed by atoms with Crippen LogP contribution in [0.25, 0.3) is 6.08 Å². The topological polar surface area (TPSA) is 66.5 Å². The number of carbonyl (C=O) groups excluding carboxylic acids is 3. The van der Waals surface area contributed by atoms with Crippen LogP contribution in [0.4, 0.5) is 4.79 Å². The number of nitrogens with zero attached hydrogens (tertiary/aromatic N) is 1. The molecule has 0 bridgehead atoms. The molecule has 24 heavy (non-hydrogen) atoms. The van der Waals surface area contributed by atoms with Crippen LogP contribution in [0.5, 0.6) is 0 Å². The van der Waals surface area contributed by atoms with Gasteiger partial charge in [0.05, 0.1) is 4.91 Å². The molecule has 1 aliphatic carbocycles. The molecule has 1 aromatic rings. The number of amides is 3. The van der Waals surface area contributed by atoms with Crippen LogP contribution < -0.4 is 5.32 Å². The predicted octanol–water partition coefficient (Wildman–Crippen LogP) is 3.15. The van der Waals surface area contributed by atoms with Crippen LogP contribution in [0.15, 0.2) is 29.2 Å². The second-order valence-corrected chi connectivity index (χ2v) is 7.37. The Kier molecular flexibility index (Phi) is 4.96. The number of hydrogen-bond acceptors (Lipinski definition) is 4. The number of nitrogens with one attached hydrogen (secondary N) is 1. The molecule has 7 heteroatoms. The quantitative estimate of drug-likeness (QED) is 0.815. The van der Waals surface area contributed by atoms with E-state index in [0.29, 0.717) is 21.4 Å². The Morgan fingerprint density at radius 1 is 1.42 bits per heavy atom. The Bertz CT molecular complexity index is 734. The highest BCUT2D eigenvalue weighted by Crippen LogP contribution is 2.37. The van der Waals surface area contributed by atoms with Crippen molar-refractivity contribution in [3.63, 3.8) is 0 Å². The van der Waals surface area contributed by atoms with E-state index < -0.39 is 0 Å². The molecule has 2 aliphatic rings. The van der Waals surface area contributed by atoms with Crippen molar-refractivity contribution in [2.24, 2.45) is 11.8 Å². The third-order valence-electron chi connectivity index (χ3n) is 4.15. The first-order chi connectivity index (χ1) is 11.5. The van der Waals surface area contributed by atoms with Crippen molar-refractivity contribution in [3.05, 3.63) is 39.8 Å². The van der Waals surface area contributed by atoms with Gasteiger partial charge in [0.1, 0.15) is 0 Å². The molecule has 2 unspecified atom stereocenters. The maximum Gasteiger partial charge on any atom is 0.293 e. The third-order valence-corrected chi connectivity index (χ3v) is 5.40. The van der Waals surface area contributed by atoms with E-state index in [0.717, 1.165) is 23.1 Å². The van der Waals surface area contributed by atoms with Gasteiger partial charge in [-0.1, -0.05) is 36.7 Å². The number of imide groups is 1. The number of carbonyl (C=O) groups is 3. The Hall–Kier alpha value is -1.79. The molecule has 1 saturated heterocycles. The maximum atomic E-state index is 12.4. The van der Waals surface area contributed by atoms with Crippen molar-refractivity contribution >= 4 is 46.5 Å². The SMILES string of the molecule is CC1CC1C(=O)NCCN1C(=O)S/C(=C\c2ccccc2Cl)C1=O. The Labute approximate surface area is 149 Å². The van der Waals surface area contributed by atoms with Crippen molar-refractivity contribution in [2.75, 3.05) is 13.1 Å². The molecule has 1 N–H and O–H groups in total. The van der Waals surface area contributed by atoms with Crippen LogP contribution in [0.2, 0.25) is 5.02 Å². The van der Waals surface area contributed by atoms with E-state index in [1.165, 1.54) is 0 Å². The van der Waals surface area contributed by atoms with Crippen LogP contribution in [-0.2, 0) is 9.59 Å². The van der Waals surface area contributed by atoms with Crippen molar-refractivity contribution in [1.82, 2.24) is 10.2 Å². The van der Waals surface area contributed by atoms with Crippen molar-refractivity contribution in [1.29, 1.82) is 0 Å². The Morgan fingerprint density at radius 2 is 2.12 bits per heavy atom. The summed E-state index contributed by atoms with van der Waals surface area (Å²) in [4.78, 5) is 37.7. The highest BCUT2D eigenvalue weighted by atomic mass is 35.5. The smallest absolute Gasteiger partial charge is 0.293 e. The van der Waals surface area contributed by atoms with Crippen LogP contribution in [0.1, 0.15) is 18.9 Å². The van der Waals surface area contributed by atoms with Gasteiger partial charge in [0, 0.05) is 24.0 Å². The normalized spacial score (nSPS) is 24.6. The molecule has 2 atom stereocenters. The molecule has 126 valence electrons. The van der Waals surface area contributed by atoms with Gasteiger partial charge in [0.15, 0.2) is 0 Å². The van der Waals surface area contributed by atoms with Gasteiger partial charge in [-0.3, -0.25) is 19.3 Å². The van der Waals surface area contributed by atoms with Gasteiger partial charge < -0.3 is 5.32 Å². The summed E-state index contributed by atoms with van der Waals surface area (Å²) in [6.07, 6.45) is 2.53. The molecule has 1 saturated carbocycles. The molecule has 1 aliphatic heterocycles. The average molecular weight is 365 g/mol. The first kappa shape index (κ1) is 17.0. The minimum atomic E-state index is -0.348. The molecule has 0 aromatic heterocycles.